The number of aromatic nitrogens is 5. The fourth-order valence-corrected chi connectivity index (χ4v) is 11.3. The van der Waals surface area contributed by atoms with Crippen molar-refractivity contribution in [3.63, 3.8) is 0 Å². The third-order valence-corrected chi connectivity index (χ3v) is 16.0. The van der Waals surface area contributed by atoms with Crippen molar-refractivity contribution in [1.82, 2.24) is 35.1 Å². The summed E-state index contributed by atoms with van der Waals surface area (Å²) in [4.78, 5) is 60.9. The zero-order valence-corrected chi connectivity index (χ0v) is 53.6. The van der Waals surface area contributed by atoms with Crippen molar-refractivity contribution in [3.05, 3.63) is 95.3 Å². The molecular weight excluding hydrogens is 1190 g/mol. The summed E-state index contributed by atoms with van der Waals surface area (Å²) in [5.41, 5.74) is 2.58. The van der Waals surface area contributed by atoms with Crippen LogP contribution in [0.5, 0.6) is 5.75 Å². The van der Waals surface area contributed by atoms with Crippen LogP contribution in [0, 0.1) is 5.82 Å². The van der Waals surface area contributed by atoms with Crippen LogP contribution in [0.2, 0.25) is 5.02 Å². The van der Waals surface area contributed by atoms with Gasteiger partial charge in [0.1, 0.15) is 28.5 Å². The van der Waals surface area contributed by atoms with Crippen LogP contribution in [0.1, 0.15) is 45.0 Å². The van der Waals surface area contributed by atoms with Gasteiger partial charge in [-0.15, -0.1) is 0 Å². The van der Waals surface area contributed by atoms with E-state index in [0.717, 1.165) is 34.1 Å². The average Bonchev–Trinajstić information content (AvgIpc) is 0.828. The molecule has 0 radical (unpaired) electrons. The van der Waals surface area contributed by atoms with E-state index in [1.165, 1.54) is 6.07 Å². The summed E-state index contributed by atoms with van der Waals surface area (Å²) in [6.07, 6.45) is -0.397. The molecule has 0 aliphatic carbocycles. The maximum atomic E-state index is 17.2. The topological polar surface area (TPSA) is 230 Å². The molecule has 0 unspecified atom stereocenters. The highest BCUT2D eigenvalue weighted by Crippen LogP contribution is 2.43. The predicted molar refractivity (Wildman–Crippen MR) is 348 cm³/mol. The number of hydrogen-bond donors (Lipinski definition) is 2. The zero-order valence-electron chi connectivity index (χ0n) is 52.8. The summed E-state index contributed by atoms with van der Waals surface area (Å²) < 4.78 is 68.5. The van der Waals surface area contributed by atoms with Gasteiger partial charge in [-0.2, -0.15) is 15.0 Å². The Labute approximate surface area is 534 Å². The largest absolute Gasteiger partial charge is 0.508 e. The minimum atomic E-state index is -0.647. The molecule has 25 heteroatoms. The maximum Gasteiger partial charge on any atom is 0.410 e. The number of fused-ring (bicyclic) bond motifs is 3. The van der Waals surface area contributed by atoms with Crippen LogP contribution in [0.15, 0.2) is 78.9 Å². The van der Waals surface area contributed by atoms with Crippen molar-refractivity contribution in [3.8, 4) is 28.1 Å². The number of pyridine rings is 1. The van der Waals surface area contributed by atoms with Gasteiger partial charge in [-0.25, -0.2) is 19.2 Å². The normalized spacial score (nSPS) is 16.5. The average molecular weight is 1280 g/mol. The lowest BCUT2D eigenvalue weighted by molar-refractivity contribution is -0.0162. The van der Waals surface area contributed by atoms with Gasteiger partial charge in [0.2, 0.25) is 11.9 Å². The molecule has 0 bridgehead atoms. The molecule has 23 nitrogen and oxygen atoms in total. The van der Waals surface area contributed by atoms with Gasteiger partial charge in [-0.3, -0.25) is 4.79 Å². The molecular formula is C66H83ClFN11O12. The van der Waals surface area contributed by atoms with Gasteiger partial charge in [-0.05, 0) is 93.4 Å². The first-order valence-electron chi connectivity index (χ1n) is 31.2. The standard InChI is InChI=1S/C66H83ClFN11O12/c1-44-42-89-26-22-78(44)61-51-14-15-55(70-59(51)72-64(74-61)79-23-27-90-43-45(79)2)47-11-9-12-48(38-47)62(81)69-16-24-83-28-30-85-32-34-87-36-37-88-35-33-86-31-29-84-25-21-75(6)63-71-58-53(60(73-63)76-17-19-77(20-18-76)65(82)91-66(3,4)5)41-54(67)56(57(58)68)52-40-49(80)39-46-10-7-8-13-50(46)52/h7-15,38-41,44-45,80H,16-37,42-43H2,1-6H3,(H,69,81)/t44-,45-/m1/s1. The molecule has 3 aliphatic rings. The van der Waals surface area contributed by atoms with Crippen LogP contribution in [-0.4, -0.2) is 230 Å². The van der Waals surface area contributed by atoms with Crippen LogP contribution in [0.3, 0.4) is 0 Å². The molecule has 0 saturated carbocycles. The van der Waals surface area contributed by atoms with E-state index < -0.39 is 17.5 Å². The Hall–Kier alpha value is -7.39. The van der Waals surface area contributed by atoms with Crippen molar-refractivity contribution in [1.29, 1.82) is 0 Å². The first-order chi connectivity index (χ1) is 44.1. The van der Waals surface area contributed by atoms with Crippen LogP contribution < -0.4 is 24.9 Å². The molecule has 91 heavy (non-hydrogen) atoms. The first-order valence-corrected chi connectivity index (χ1v) is 31.6. The number of phenolic OH excluding ortho intramolecular Hbond substituents is 1. The van der Waals surface area contributed by atoms with Crippen LogP contribution >= 0.6 is 11.6 Å². The number of hydrogen-bond acceptors (Lipinski definition) is 21. The lowest BCUT2D eigenvalue weighted by atomic mass is 9.96. The van der Waals surface area contributed by atoms with E-state index in [1.807, 2.05) is 87.3 Å². The number of aromatic hydroxyl groups is 1. The summed E-state index contributed by atoms with van der Waals surface area (Å²) in [6.45, 7) is 20.3. The lowest BCUT2D eigenvalue weighted by Crippen LogP contribution is -2.50. The summed E-state index contributed by atoms with van der Waals surface area (Å²) in [5.74, 6) is 1.34. The minimum absolute atomic E-state index is 0.0235. The second-order valence-corrected chi connectivity index (χ2v) is 23.9. The Bertz CT molecular complexity index is 3600. The number of piperazine rings is 1. The van der Waals surface area contributed by atoms with Gasteiger partial charge in [-0.1, -0.05) is 48.0 Å². The van der Waals surface area contributed by atoms with Gasteiger partial charge < -0.3 is 77.6 Å². The van der Waals surface area contributed by atoms with Gasteiger partial charge in [0.15, 0.2) is 11.5 Å². The number of likely N-dealkylation sites (N-methyl/N-ethyl adjacent to an activating group) is 1. The highest BCUT2D eigenvalue weighted by molar-refractivity contribution is 6.35. The van der Waals surface area contributed by atoms with Gasteiger partial charge in [0.25, 0.3) is 5.91 Å². The van der Waals surface area contributed by atoms with Crippen molar-refractivity contribution in [2.24, 2.45) is 0 Å². The van der Waals surface area contributed by atoms with Gasteiger partial charge >= 0.3 is 6.09 Å². The number of halogens is 2. The van der Waals surface area contributed by atoms with Crippen LogP contribution in [0.4, 0.5) is 32.7 Å². The van der Waals surface area contributed by atoms with Gasteiger partial charge in [0.05, 0.1) is 134 Å². The number of nitrogens with zero attached hydrogens (tertiary/aromatic N) is 10. The summed E-state index contributed by atoms with van der Waals surface area (Å²) in [7, 11) is 1.81. The van der Waals surface area contributed by atoms with E-state index in [9.17, 15) is 14.7 Å². The van der Waals surface area contributed by atoms with E-state index in [1.54, 1.807) is 28.0 Å². The van der Waals surface area contributed by atoms with Crippen molar-refractivity contribution in [2.75, 3.05) is 185 Å². The van der Waals surface area contributed by atoms with E-state index >= 15 is 4.39 Å². The van der Waals surface area contributed by atoms with E-state index in [-0.39, 0.29) is 45.8 Å². The highest BCUT2D eigenvalue weighted by atomic mass is 35.5. The predicted octanol–water partition coefficient (Wildman–Crippen LogP) is 8.43. The molecule has 3 fully saturated rings. The van der Waals surface area contributed by atoms with Crippen molar-refractivity contribution < 1.29 is 61.7 Å². The number of nitrogens with one attached hydrogen (secondary N) is 1. The van der Waals surface area contributed by atoms with E-state index in [0.29, 0.717) is 191 Å². The Balaban J connectivity index is 0.590. The van der Waals surface area contributed by atoms with Crippen LogP contribution in [0.25, 0.3) is 55.1 Å². The lowest BCUT2D eigenvalue weighted by Gasteiger charge is -2.37. The second-order valence-electron chi connectivity index (χ2n) is 23.5. The molecule has 3 saturated heterocycles. The maximum absolute atomic E-state index is 17.2. The number of anilines is 4. The Morgan fingerprint density at radius 1 is 0.681 bits per heavy atom. The van der Waals surface area contributed by atoms with Gasteiger partial charge in [0, 0.05) is 81.5 Å². The molecule has 3 aromatic heterocycles. The number of phenols is 1. The van der Waals surface area contributed by atoms with Crippen molar-refractivity contribution in [2.45, 2.75) is 52.3 Å². The molecule has 2 N–H and O–H groups in total. The Morgan fingerprint density at radius 2 is 1.32 bits per heavy atom. The smallest absolute Gasteiger partial charge is 0.410 e. The number of morpholine rings is 2. The molecule has 4 aromatic carbocycles. The first kappa shape index (κ1) is 66.5. The minimum Gasteiger partial charge on any atom is -0.508 e. The summed E-state index contributed by atoms with van der Waals surface area (Å²) in [5, 5.41) is 16.5. The third kappa shape index (κ3) is 17.4. The molecule has 488 valence electrons. The van der Waals surface area contributed by atoms with Crippen molar-refractivity contribution >= 4 is 79.8 Å². The molecule has 3 aliphatic heterocycles. The number of carbonyl (C=O) groups excluding carboxylic acids is 2. The summed E-state index contributed by atoms with van der Waals surface area (Å²) >= 11 is 6.95. The third-order valence-electron chi connectivity index (χ3n) is 15.7. The summed E-state index contributed by atoms with van der Waals surface area (Å²) in [6, 6.07) is 23.9. The number of carbonyl (C=O) groups is 2. The zero-order chi connectivity index (χ0) is 63.9. The number of ether oxygens (including phenoxy) is 9. The van der Waals surface area contributed by atoms with Crippen LogP contribution in [-0.2, 0) is 42.6 Å². The quantitative estimate of drug-likeness (QED) is 0.0438. The van der Waals surface area contributed by atoms with E-state index in [4.69, 9.17) is 79.2 Å². The molecule has 6 heterocycles. The number of rotatable bonds is 28. The fourth-order valence-electron chi connectivity index (χ4n) is 11.0. The molecule has 0 spiro atoms. The van der Waals surface area contributed by atoms with E-state index in [2.05, 4.69) is 29.0 Å². The highest BCUT2D eigenvalue weighted by Gasteiger charge is 2.31. The fraction of sp³-hybridized carbons (Fsp3) is 0.500. The SMILES string of the molecule is C[C@@H]1COCCN1c1nc(N2CCOC[C@H]2C)c2ccc(-c3cccc(C(=O)NCCOCCOCCOCCOCCOCCOCCN(C)c4nc(N5CCN(C(=O)OC(C)(C)C)CC5)c5cc(Cl)c(-c6cc(O)cc7ccccc67)c(F)c5n4)c3)nc2n1. The monoisotopic (exact) mass is 1280 g/mol. The molecule has 2 amide bonds. The molecule has 7 aromatic rings. The Kier molecular flexibility index (Phi) is 23.2. The molecule has 2 atom stereocenters. The number of benzene rings is 4. The number of amides is 2. The second kappa shape index (κ2) is 31.8. The Morgan fingerprint density at radius 3 is 1.98 bits per heavy atom. The molecule has 10 rings (SSSR count).